The van der Waals surface area contributed by atoms with Gasteiger partial charge in [-0.1, -0.05) is 59.6 Å². The number of hydrogen-bond acceptors (Lipinski definition) is 0. The lowest BCUT2D eigenvalue weighted by Crippen LogP contribution is -2.17. The molecule has 0 rings (SSSR count). The Hall–Kier alpha value is 0.0649. The summed E-state index contributed by atoms with van der Waals surface area (Å²) in [5.74, 6) is 0. The van der Waals surface area contributed by atoms with E-state index in [4.69, 9.17) is 0 Å². The van der Waals surface area contributed by atoms with Gasteiger partial charge in [0.05, 0.1) is 0 Å². The molecule has 0 heterocycles. The minimum Gasteiger partial charge on any atom is -0.0920 e. The van der Waals surface area contributed by atoms with Gasteiger partial charge < -0.3 is 0 Å². The molecule has 0 amide bonds. The van der Waals surface area contributed by atoms with Gasteiger partial charge in [-0.15, -0.1) is 0 Å². The first-order valence-electron chi connectivity index (χ1n) is 5.02. The normalized spacial score (nSPS) is 11.6. The van der Waals surface area contributed by atoms with Crippen LogP contribution in [-0.4, -0.2) is 7.28 Å². The van der Waals surface area contributed by atoms with Crippen LogP contribution in [0.2, 0.25) is 13.1 Å². The molecule has 0 aliphatic rings. The summed E-state index contributed by atoms with van der Waals surface area (Å²) < 4.78 is 0. The molecule has 0 aromatic carbocycles. The molecule has 0 fully saturated rings. The average Bonchev–Trinajstić information content (AvgIpc) is 2.08. The molecule has 0 nitrogen and oxygen atoms in total. The maximum absolute atomic E-state index is 2.32. The molecular weight excluding hydrogens is 131 g/mol. The summed E-state index contributed by atoms with van der Waals surface area (Å²) in [6.07, 6.45) is 6.69. The molecule has 1 heteroatoms. The summed E-state index contributed by atoms with van der Waals surface area (Å²) in [5.41, 5.74) is 0.645. The molecule has 0 aromatic rings. The zero-order valence-electron chi connectivity index (χ0n) is 8.61. The summed E-state index contributed by atoms with van der Waals surface area (Å²) in [6.45, 7) is 9.12. The predicted molar refractivity (Wildman–Crippen MR) is 54.3 cm³/mol. The second-order valence-electron chi connectivity index (χ2n) is 3.51. The van der Waals surface area contributed by atoms with E-state index in [2.05, 4.69) is 34.9 Å². The Morgan fingerprint density at radius 3 is 1.73 bits per heavy atom. The summed E-state index contributed by atoms with van der Waals surface area (Å²) in [5, 5.41) is 0. The second-order valence-corrected chi connectivity index (χ2v) is 3.51. The molecule has 0 atom stereocenters. The molecule has 0 saturated heterocycles. The van der Waals surface area contributed by atoms with E-state index < -0.39 is 0 Å². The predicted octanol–water partition coefficient (Wildman–Crippen LogP) is 3.76. The van der Waals surface area contributed by atoms with Crippen molar-refractivity contribution in [1.29, 1.82) is 0 Å². The van der Waals surface area contributed by atoms with Gasteiger partial charge in [-0.2, -0.15) is 0 Å². The summed E-state index contributed by atoms with van der Waals surface area (Å²) in [6, 6.07) is 0. The lowest BCUT2D eigenvalue weighted by molar-refractivity contribution is 0.240. The third-order valence-electron chi connectivity index (χ3n) is 3.21. The van der Waals surface area contributed by atoms with Gasteiger partial charge in [0, 0.05) is 0 Å². The first-order chi connectivity index (χ1) is 5.24. The molecule has 0 aliphatic carbocycles. The fourth-order valence-corrected chi connectivity index (χ4v) is 1.73. The minimum absolute atomic E-state index is 0.645. The van der Waals surface area contributed by atoms with E-state index >= 15 is 0 Å². The molecule has 0 aliphatic heterocycles. The van der Waals surface area contributed by atoms with Gasteiger partial charge in [-0.05, 0) is 5.41 Å². The highest BCUT2D eigenvalue weighted by molar-refractivity contribution is 6.33. The molecule has 65 valence electrons. The SMILES string of the molecule is C[B]CCC(CC)(CC)CC. The van der Waals surface area contributed by atoms with Crippen LogP contribution in [0.3, 0.4) is 0 Å². The first-order valence-corrected chi connectivity index (χ1v) is 5.02. The molecule has 0 bridgehead atoms. The van der Waals surface area contributed by atoms with E-state index in [0.717, 1.165) is 0 Å². The molecular formula is C10H22B. The van der Waals surface area contributed by atoms with Gasteiger partial charge in [0.2, 0.25) is 0 Å². The third-order valence-corrected chi connectivity index (χ3v) is 3.21. The Kier molecular flexibility index (Phi) is 5.72. The van der Waals surface area contributed by atoms with Crippen molar-refractivity contribution in [2.24, 2.45) is 5.41 Å². The molecule has 0 saturated carbocycles. The molecule has 11 heavy (non-hydrogen) atoms. The zero-order valence-corrected chi connectivity index (χ0v) is 8.61. The fourth-order valence-electron chi connectivity index (χ4n) is 1.73. The van der Waals surface area contributed by atoms with E-state index in [0.29, 0.717) is 5.41 Å². The van der Waals surface area contributed by atoms with Crippen molar-refractivity contribution in [2.75, 3.05) is 0 Å². The van der Waals surface area contributed by atoms with Crippen LogP contribution in [0.1, 0.15) is 46.5 Å². The van der Waals surface area contributed by atoms with E-state index in [1.165, 1.54) is 32.0 Å². The van der Waals surface area contributed by atoms with Crippen molar-refractivity contribution in [3.63, 3.8) is 0 Å². The first kappa shape index (κ1) is 11.1. The Morgan fingerprint density at radius 1 is 1.00 bits per heavy atom. The number of rotatable bonds is 6. The van der Waals surface area contributed by atoms with Crippen molar-refractivity contribution in [3.05, 3.63) is 0 Å². The second kappa shape index (κ2) is 5.68. The van der Waals surface area contributed by atoms with Crippen molar-refractivity contribution in [1.82, 2.24) is 0 Å². The van der Waals surface area contributed by atoms with Crippen molar-refractivity contribution < 1.29 is 0 Å². The van der Waals surface area contributed by atoms with Crippen molar-refractivity contribution in [2.45, 2.75) is 59.6 Å². The Balaban J connectivity index is 3.84. The van der Waals surface area contributed by atoms with E-state index in [-0.39, 0.29) is 0 Å². The van der Waals surface area contributed by atoms with Crippen LogP contribution < -0.4 is 0 Å². The minimum atomic E-state index is 0.645. The maximum atomic E-state index is 2.32. The van der Waals surface area contributed by atoms with Crippen LogP contribution in [-0.2, 0) is 0 Å². The van der Waals surface area contributed by atoms with Gasteiger partial charge in [0.1, 0.15) is 7.28 Å². The molecule has 1 radical (unpaired) electrons. The van der Waals surface area contributed by atoms with Gasteiger partial charge >= 0.3 is 0 Å². The molecule has 0 unspecified atom stereocenters. The largest absolute Gasteiger partial charge is 0.105 e. The average molecular weight is 153 g/mol. The van der Waals surface area contributed by atoms with E-state index in [9.17, 15) is 0 Å². The van der Waals surface area contributed by atoms with Crippen LogP contribution in [0.5, 0.6) is 0 Å². The van der Waals surface area contributed by atoms with Gasteiger partial charge in [-0.25, -0.2) is 0 Å². The van der Waals surface area contributed by atoms with Crippen molar-refractivity contribution >= 4 is 7.28 Å². The van der Waals surface area contributed by atoms with Crippen LogP contribution in [0, 0.1) is 5.41 Å². The van der Waals surface area contributed by atoms with Crippen molar-refractivity contribution in [3.8, 4) is 0 Å². The van der Waals surface area contributed by atoms with E-state index in [1.54, 1.807) is 0 Å². The Bertz CT molecular complexity index is 76.6. The third kappa shape index (κ3) is 3.31. The lowest BCUT2D eigenvalue weighted by atomic mass is 9.67. The highest BCUT2D eigenvalue weighted by Gasteiger charge is 2.22. The topological polar surface area (TPSA) is 0 Å². The highest BCUT2D eigenvalue weighted by atomic mass is 14.3. The quantitative estimate of drug-likeness (QED) is 0.509. The van der Waals surface area contributed by atoms with Crippen LogP contribution in [0.4, 0.5) is 0 Å². The summed E-state index contributed by atoms with van der Waals surface area (Å²) in [7, 11) is 2.29. The van der Waals surface area contributed by atoms with Gasteiger partial charge in [0.25, 0.3) is 0 Å². The molecule has 0 spiro atoms. The zero-order chi connectivity index (χ0) is 8.74. The lowest BCUT2D eigenvalue weighted by Gasteiger charge is -2.30. The van der Waals surface area contributed by atoms with Crippen LogP contribution in [0.15, 0.2) is 0 Å². The van der Waals surface area contributed by atoms with Crippen LogP contribution >= 0.6 is 0 Å². The Labute approximate surface area is 73.0 Å². The smallest absolute Gasteiger partial charge is 0.0920 e. The summed E-state index contributed by atoms with van der Waals surface area (Å²) in [4.78, 5) is 0. The van der Waals surface area contributed by atoms with Gasteiger partial charge in [-0.3, -0.25) is 0 Å². The highest BCUT2D eigenvalue weighted by Crippen LogP contribution is 2.35. The number of hydrogen-bond donors (Lipinski definition) is 0. The molecule has 0 aromatic heterocycles. The van der Waals surface area contributed by atoms with Crippen LogP contribution in [0.25, 0.3) is 0 Å². The van der Waals surface area contributed by atoms with Gasteiger partial charge in [0.15, 0.2) is 0 Å². The monoisotopic (exact) mass is 153 g/mol. The standard InChI is InChI=1S/C10H22B/c1-5-10(6-2,7-3)8-9-11-4/h5-9H2,1-4H3. The maximum Gasteiger partial charge on any atom is 0.105 e. The summed E-state index contributed by atoms with van der Waals surface area (Å²) >= 11 is 0. The molecule has 0 N–H and O–H groups in total. The van der Waals surface area contributed by atoms with E-state index in [1.807, 2.05) is 0 Å². The fraction of sp³-hybridized carbons (Fsp3) is 1.00. The Morgan fingerprint density at radius 2 is 1.45 bits per heavy atom.